The fraction of sp³-hybridized carbons (Fsp3) is 0.400. The number of oxazole rings is 1. The van der Waals surface area contributed by atoms with Crippen LogP contribution in [0.3, 0.4) is 0 Å². The third kappa shape index (κ3) is 2.08. The van der Waals surface area contributed by atoms with Gasteiger partial charge in [-0.05, 0) is 12.5 Å². The third-order valence-corrected chi connectivity index (χ3v) is 2.00. The van der Waals surface area contributed by atoms with Gasteiger partial charge in [-0.25, -0.2) is 4.98 Å². The van der Waals surface area contributed by atoms with Gasteiger partial charge < -0.3 is 9.52 Å². The largest absolute Gasteiger partial charge is 0.446 e. The fourth-order valence-corrected chi connectivity index (χ4v) is 1.08. The van der Waals surface area contributed by atoms with Crippen LogP contribution in [0, 0.1) is 0 Å². The van der Waals surface area contributed by atoms with Crippen LogP contribution in [0.25, 0.3) is 0 Å². The van der Waals surface area contributed by atoms with Gasteiger partial charge >= 0.3 is 0 Å². The number of hydrogen-bond donors (Lipinski definition) is 1. The third-order valence-electron chi connectivity index (χ3n) is 2.00. The van der Waals surface area contributed by atoms with Crippen LogP contribution in [-0.4, -0.2) is 10.1 Å². The normalized spacial score (nSPS) is 14.6. The van der Waals surface area contributed by atoms with Crippen molar-refractivity contribution in [3.63, 3.8) is 0 Å². The van der Waals surface area contributed by atoms with Gasteiger partial charge in [0.2, 0.25) is 5.89 Å². The molecule has 3 heteroatoms. The zero-order valence-electron chi connectivity index (χ0n) is 7.66. The quantitative estimate of drug-likeness (QED) is 0.719. The predicted octanol–water partition coefficient (Wildman–Crippen LogP) is 2.00. The van der Waals surface area contributed by atoms with Gasteiger partial charge in [-0.2, -0.15) is 0 Å². The molecule has 0 amide bonds. The highest BCUT2D eigenvalue weighted by Gasteiger charge is 2.30. The highest BCUT2D eigenvalue weighted by molar-refractivity contribution is 5.00. The Kier molecular flexibility index (Phi) is 3.07. The molecule has 0 aliphatic rings. The summed E-state index contributed by atoms with van der Waals surface area (Å²) < 4.78 is 5.06. The maximum atomic E-state index is 10.1. The summed E-state index contributed by atoms with van der Waals surface area (Å²) in [5.74, 6) is 0.349. The van der Waals surface area contributed by atoms with Crippen LogP contribution >= 0.6 is 0 Å². The Balaban J connectivity index is 2.87. The Morgan fingerprint density at radius 3 is 3.08 bits per heavy atom. The number of hydrogen-bond acceptors (Lipinski definition) is 3. The van der Waals surface area contributed by atoms with Crippen LogP contribution in [0.1, 0.15) is 25.7 Å². The van der Waals surface area contributed by atoms with Gasteiger partial charge in [0.15, 0.2) is 0 Å². The fourth-order valence-electron chi connectivity index (χ4n) is 1.08. The van der Waals surface area contributed by atoms with E-state index in [1.54, 1.807) is 6.08 Å². The second-order valence-corrected chi connectivity index (χ2v) is 2.83. The van der Waals surface area contributed by atoms with Crippen LogP contribution in [0.4, 0.5) is 0 Å². The molecule has 1 N–H and O–H groups in total. The number of aromatic nitrogens is 1. The van der Waals surface area contributed by atoms with Gasteiger partial charge in [-0.3, -0.25) is 0 Å². The number of rotatable bonds is 4. The second kappa shape index (κ2) is 4.08. The number of nitrogens with zero attached hydrogens (tertiary/aromatic N) is 1. The summed E-state index contributed by atoms with van der Waals surface area (Å²) in [6.07, 6.45) is 5.62. The lowest BCUT2D eigenvalue weighted by molar-refractivity contribution is 0.00831. The lowest BCUT2D eigenvalue weighted by atomic mass is 9.96. The summed E-state index contributed by atoms with van der Waals surface area (Å²) in [5, 5.41) is 10.1. The first-order valence-corrected chi connectivity index (χ1v) is 4.19. The molecule has 0 radical (unpaired) electrons. The summed E-state index contributed by atoms with van der Waals surface area (Å²) in [6, 6.07) is 0. The minimum absolute atomic E-state index is 0.349. The maximum absolute atomic E-state index is 10.1. The van der Waals surface area contributed by atoms with Crippen molar-refractivity contribution in [1.29, 1.82) is 0 Å². The van der Waals surface area contributed by atoms with Crippen LogP contribution in [0.5, 0.6) is 0 Å². The summed E-state index contributed by atoms with van der Waals surface area (Å²) >= 11 is 0. The van der Waals surface area contributed by atoms with E-state index in [1.807, 2.05) is 6.92 Å². The first-order chi connectivity index (χ1) is 6.23. The highest BCUT2D eigenvalue weighted by atomic mass is 16.4. The van der Waals surface area contributed by atoms with E-state index < -0.39 is 5.60 Å². The molecule has 1 unspecified atom stereocenters. The molecule has 0 aromatic carbocycles. The first kappa shape index (κ1) is 9.78. The maximum Gasteiger partial charge on any atom is 0.226 e. The van der Waals surface area contributed by atoms with Crippen molar-refractivity contribution in [3.05, 3.63) is 36.7 Å². The zero-order chi connectivity index (χ0) is 9.73. The molecule has 1 rings (SSSR count). The van der Waals surface area contributed by atoms with E-state index in [4.69, 9.17) is 4.42 Å². The Hall–Kier alpha value is -1.31. The summed E-state index contributed by atoms with van der Waals surface area (Å²) in [7, 11) is 0. The van der Waals surface area contributed by atoms with Gasteiger partial charge in [0.05, 0.1) is 6.20 Å². The van der Waals surface area contributed by atoms with E-state index in [1.165, 1.54) is 12.5 Å². The Bertz CT molecular complexity index is 299. The number of aliphatic hydroxyl groups is 1. The molecule has 0 spiro atoms. The molecule has 3 nitrogen and oxygen atoms in total. The molecule has 0 aliphatic heterocycles. The minimum Gasteiger partial charge on any atom is -0.446 e. The van der Waals surface area contributed by atoms with Crippen LogP contribution < -0.4 is 0 Å². The van der Waals surface area contributed by atoms with Gasteiger partial charge in [0.1, 0.15) is 11.9 Å². The Labute approximate surface area is 77.4 Å². The molecule has 0 aliphatic carbocycles. The van der Waals surface area contributed by atoms with Crippen molar-refractivity contribution in [2.45, 2.75) is 25.4 Å². The van der Waals surface area contributed by atoms with Gasteiger partial charge in [0.25, 0.3) is 0 Å². The van der Waals surface area contributed by atoms with Crippen molar-refractivity contribution in [2.75, 3.05) is 0 Å². The molecule has 1 aromatic heterocycles. The molecular formula is C10H13NO2. The van der Waals surface area contributed by atoms with E-state index in [0.717, 1.165) is 0 Å². The van der Waals surface area contributed by atoms with Crippen LogP contribution in [0.2, 0.25) is 0 Å². The van der Waals surface area contributed by atoms with Crippen LogP contribution in [0.15, 0.2) is 35.3 Å². The molecular weight excluding hydrogens is 166 g/mol. The van der Waals surface area contributed by atoms with Gasteiger partial charge in [-0.1, -0.05) is 13.5 Å². The Morgan fingerprint density at radius 1 is 1.85 bits per heavy atom. The smallest absolute Gasteiger partial charge is 0.226 e. The average Bonchev–Trinajstić information content (AvgIpc) is 2.67. The van der Waals surface area contributed by atoms with E-state index in [2.05, 4.69) is 17.3 Å². The van der Waals surface area contributed by atoms with E-state index in [-0.39, 0.29) is 0 Å². The molecule has 0 saturated heterocycles. The summed E-state index contributed by atoms with van der Waals surface area (Å²) in [4.78, 5) is 3.93. The van der Waals surface area contributed by atoms with E-state index in [9.17, 15) is 5.11 Å². The summed E-state index contributed by atoms with van der Waals surface area (Å²) in [6.45, 7) is 5.31. The lowest BCUT2D eigenvalue weighted by Crippen LogP contribution is -2.24. The SMILES string of the molecule is C=C=CCC(O)(CC)c1ncco1. The molecule has 70 valence electrons. The zero-order valence-corrected chi connectivity index (χ0v) is 7.66. The highest BCUT2D eigenvalue weighted by Crippen LogP contribution is 2.27. The van der Waals surface area contributed by atoms with Crippen molar-refractivity contribution < 1.29 is 9.52 Å². The van der Waals surface area contributed by atoms with Gasteiger partial charge in [0, 0.05) is 6.42 Å². The molecule has 0 saturated carbocycles. The van der Waals surface area contributed by atoms with Crippen LogP contribution in [-0.2, 0) is 5.60 Å². The lowest BCUT2D eigenvalue weighted by Gasteiger charge is -2.20. The predicted molar refractivity (Wildman–Crippen MR) is 49.0 cm³/mol. The Morgan fingerprint density at radius 2 is 2.62 bits per heavy atom. The molecule has 1 atom stereocenters. The topological polar surface area (TPSA) is 46.3 Å². The monoisotopic (exact) mass is 179 g/mol. The van der Waals surface area contributed by atoms with Gasteiger partial charge in [-0.15, -0.1) is 5.73 Å². The van der Waals surface area contributed by atoms with Crippen molar-refractivity contribution in [3.8, 4) is 0 Å². The second-order valence-electron chi connectivity index (χ2n) is 2.83. The van der Waals surface area contributed by atoms with E-state index in [0.29, 0.717) is 18.7 Å². The van der Waals surface area contributed by atoms with Crippen molar-refractivity contribution >= 4 is 0 Å². The first-order valence-electron chi connectivity index (χ1n) is 4.19. The summed E-state index contributed by atoms with van der Waals surface area (Å²) in [5.41, 5.74) is 1.60. The molecule has 0 fully saturated rings. The molecule has 1 heterocycles. The standard InChI is InChI=1S/C10H13NO2/c1-3-5-6-10(12,4-2)9-11-7-8-13-9/h5,7-8,12H,1,4,6H2,2H3. The minimum atomic E-state index is -1.02. The average molecular weight is 179 g/mol. The molecule has 1 aromatic rings. The van der Waals surface area contributed by atoms with Crippen molar-refractivity contribution in [2.24, 2.45) is 0 Å². The van der Waals surface area contributed by atoms with Crippen molar-refractivity contribution in [1.82, 2.24) is 4.98 Å². The molecule has 0 bridgehead atoms. The van der Waals surface area contributed by atoms with E-state index >= 15 is 0 Å². The molecule has 13 heavy (non-hydrogen) atoms.